The number of ketones is 1. The number of carbonyl (C=O) groups is 1. The lowest BCUT2D eigenvalue weighted by atomic mass is 9.83. The zero-order valence-electron chi connectivity index (χ0n) is 7.02. The lowest BCUT2D eigenvalue weighted by Gasteiger charge is -2.19. The fourth-order valence-corrected chi connectivity index (χ4v) is 1.69. The van der Waals surface area contributed by atoms with E-state index in [1.165, 1.54) is 0 Å². The molecule has 0 aromatic heterocycles. The maximum atomic E-state index is 11.3. The monoisotopic (exact) mass is 150 g/mol. The third-order valence-corrected chi connectivity index (χ3v) is 2.63. The minimum Gasteiger partial charge on any atom is -0.299 e. The maximum Gasteiger partial charge on any atom is 0.138 e. The molecule has 0 radical (unpaired) electrons. The van der Waals surface area contributed by atoms with Crippen LogP contribution >= 0.6 is 0 Å². The fraction of sp³-hybridized carbons (Fsp3) is 0.700. The Labute approximate surface area is 68.2 Å². The Hall–Kier alpha value is -0.770. The van der Waals surface area contributed by atoms with Gasteiger partial charge in [-0.25, -0.2) is 0 Å². The molecule has 1 aliphatic carbocycles. The van der Waals surface area contributed by atoms with Gasteiger partial charge in [0.25, 0.3) is 0 Å². The van der Waals surface area contributed by atoms with E-state index in [4.69, 9.17) is 6.42 Å². The first-order valence-corrected chi connectivity index (χ1v) is 4.16. The summed E-state index contributed by atoms with van der Waals surface area (Å²) < 4.78 is 0. The van der Waals surface area contributed by atoms with Crippen LogP contribution in [0.4, 0.5) is 0 Å². The van der Waals surface area contributed by atoms with E-state index in [1.807, 2.05) is 6.92 Å². The van der Waals surface area contributed by atoms with Crippen molar-refractivity contribution < 1.29 is 4.79 Å². The van der Waals surface area contributed by atoms with Gasteiger partial charge in [-0.2, -0.15) is 0 Å². The van der Waals surface area contributed by atoms with Crippen molar-refractivity contribution in [2.45, 2.75) is 39.0 Å². The average molecular weight is 150 g/mol. The smallest absolute Gasteiger partial charge is 0.138 e. The van der Waals surface area contributed by atoms with Crippen molar-refractivity contribution in [3.63, 3.8) is 0 Å². The van der Waals surface area contributed by atoms with Gasteiger partial charge in [0.15, 0.2) is 0 Å². The minimum absolute atomic E-state index is 0.0770. The number of rotatable bonds is 2. The van der Waals surface area contributed by atoms with Crippen LogP contribution in [0.15, 0.2) is 0 Å². The molecule has 1 fully saturated rings. The van der Waals surface area contributed by atoms with Gasteiger partial charge in [-0.1, -0.05) is 6.92 Å². The molecule has 1 atom stereocenters. The summed E-state index contributed by atoms with van der Waals surface area (Å²) in [5.41, 5.74) is -0.0770. The van der Waals surface area contributed by atoms with E-state index in [2.05, 4.69) is 5.92 Å². The number of terminal acetylenes is 1. The largest absolute Gasteiger partial charge is 0.299 e. The third kappa shape index (κ3) is 1.63. The van der Waals surface area contributed by atoms with Crippen LogP contribution in [0.2, 0.25) is 0 Å². The van der Waals surface area contributed by atoms with E-state index in [1.54, 1.807) is 0 Å². The van der Waals surface area contributed by atoms with Gasteiger partial charge in [-0.15, -0.1) is 12.3 Å². The predicted molar refractivity (Wildman–Crippen MR) is 45.0 cm³/mol. The molecule has 0 amide bonds. The van der Waals surface area contributed by atoms with Gasteiger partial charge in [0.05, 0.1) is 0 Å². The summed E-state index contributed by atoms with van der Waals surface area (Å²) in [6.45, 7) is 2.04. The first-order chi connectivity index (χ1) is 5.19. The molecule has 0 aromatic rings. The molecule has 0 bridgehead atoms. The van der Waals surface area contributed by atoms with Crippen LogP contribution in [0, 0.1) is 17.8 Å². The molecule has 11 heavy (non-hydrogen) atoms. The SMILES string of the molecule is C#CCCC1(C)CCCC1=O. The summed E-state index contributed by atoms with van der Waals surface area (Å²) in [6.07, 6.45) is 9.62. The molecule has 0 aliphatic heterocycles. The number of carbonyl (C=O) groups excluding carboxylic acids is 1. The Morgan fingerprint density at radius 2 is 2.45 bits per heavy atom. The standard InChI is InChI=1S/C10H14O/c1-3-4-7-10(2)8-5-6-9(10)11/h1H,4-8H2,2H3. The summed E-state index contributed by atoms with van der Waals surface area (Å²) in [5.74, 6) is 3.00. The van der Waals surface area contributed by atoms with Gasteiger partial charge in [0.1, 0.15) is 5.78 Å². The Kier molecular flexibility index (Phi) is 2.34. The summed E-state index contributed by atoms with van der Waals surface area (Å²) in [5, 5.41) is 0. The van der Waals surface area contributed by atoms with Gasteiger partial charge >= 0.3 is 0 Å². The van der Waals surface area contributed by atoms with Crippen molar-refractivity contribution in [2.75, 3.05) is 0 Å². The van der Waals surface area contributed by atoms with Crippen molar-refractivity contribution in [3.8, 4) is 12.3 Å². The van der Waals surface area contributed by atoms with Gasteiger partial charge < -0.3 is 0 Å². The highest BCUT2D eigenvalue weighted by Gasteiger charge is 2.36. The van der Waals surface area contributed by atoms with Gasteiger partial charge in [-0.3, -0.25) is 4.79 Å². The molecule has 0 saturated heterocycles. The van der Waals surface area contributed by atoms with Crippen LogP contribution < -0.4 is 0 Å². The van der Waals surface area contributed by atoms with Gasteiger partial charge in [0, 0.05) is 18.3 Å². The predicted octanol–water partition coefficient (Wildman–Crippen LogP) is 2.16. The summed E-state index contributed by atoms with van der Waals surface area (Å²) >= 11 is 0. The maximum absolute atomic E-state index is 11.3. The van der Waals surface area contributed by atoms with Crippen molar-refractivity contribution in [2.24, 2.45) is 5.41 Å². The Morgan fingerprint density at radius 1 is 1.73 bits per heavy atom. The van der Waals surface area contributed by atoms with E-state index >= 15 is 0 Å². The van der Waals surface area contributed by atoms with Crippen molar-refractivity contribution >= 4 is 5.78 Å². The Bertz CT molecular complexity index is 199. The van der Waals surface area contributed by atoms with Gasteiger partial charge in [-0.05, 0) is 19.3 Å². The molecule has 0 heterocycles. The fourth-order valence-electron chi connectivity index (χ4n) is 1.69. The Morgan fingerprint density at radius 3 is 2.91 bits per heavy atom. The second-order valence-electron chi connectivity index (χ2n) is 3.54. The van der Waals surface area contributed by atoms with E-state index in [0.29, 0.717) is 5.78 Å². The van der Waals surface area contributed by atoms with Crippen LogP contribution in [0.5, 0.6) is 0 Å². The minimum atomic E-state index is -0.0770. The third-order valence-electron chi connectivity index (χ3n) is 2.63. The summed E-state index contributed by atoms with van der Waals surface area (Å²) in [7, 11) is 0. The van der Waals surface area contributed by atoms with E-state index < -0.39 is 0 Å². The second kappa shape index (κ2) is 3.09. The van der Waals surface area contributed by atoms with Crippen LogP contribution in [0.3, 0.4) is 0 Å². The number of hydrogen-bond acceptors (Lipinski definition) is 1. The topological polar surface area (TPSA) is 17.1 Å². The highest BCUT2D eigenvalue weighted by molar-refractivity contribution is 5.86. The summed E-state index contributed by atoms with van der Waals surface area (Å²) in [4.78, 5) is 11.3. The normalized spacial score (nSPS) is 30.4. The molecule has 1 saturated carbocycles. The number of hydrogen-bond donors (Lipinski definition) is 0. The van der Waals surface area contributed by atoms with Crippen molar-refractivity contribution in [1.29, 1.82) is 0 Å². The van der Waals surface area contributed by atoms with E-state index in [9.17, 15) is 4.79 Å². The van der Waals surface area contributed by atoms with Crippen LogP contribution in [0.25, 0.3) is 0 Å². The van der Waals surface area contributed by atoms with E-state index in [-0.39, 0.29) is 5.41 Å². The highest BCUT2D eigenvalue weighted by atomic mass is 16.1. The molecule has 1 rings (SSSR count). The van der Waals surface area contributed by atoms with Crippen LogP contribution in [-0.2, 0) is 4.79 Å². The lowest BCUT2D eigenvalue weighted by molar-refractivity contribution is -0.125. The molecule has 1 nitrogen and oxygen atoms in total. The van der Waals surface area contributed by atoms with Gasteiger partial charge in [0.2, 0.25) is 0 Å². The second-order valence-corrected chi connectivity index (χ2v) is 3.54. The molecule has 60 valence electrons. The molecule has 1 aliphatic rings. The quantitative estimate of drug-likeness (QED) is 0.551. The zero-order chi connectivity index (χ0) is 8.32. The van der Waals surface area contributed by atoms with Crippen LogP contribution in [-0.4, -0.2) is 5.78 Å². The molecule has 1 heteroatoms. The summed E-state index contributed by atoms with van der Waals surface area (Å²) in [6, 6.07) is 0. The Balaban J connectivity index is 2.52. The molecular formula is C10H14O. The van der Waals surface area contributed by atoms with Crippen LogP contribution in [0.1, 0.15) is 39.0 Å². The average Bonchev–Trinajstić information content (AvgIpc) is 2.30. The number of Topliss-reactive ketones (excluding diaryl/α,β-unsaturated/α-hetero) is 1. The molecule has 0 aromatic carbocycles. The first kappa shape index (κ1) is 8.33. The van der Waals surface area contributed by atoms with Crippen molar-refractivity contribution in [3.05, 3.63) is 0 Å². The highest BCUT2D eigenvalue weighted by Crippen LogP contribution is 2.37. The molecule has 1 unspecified atom stereocenters. The molecule has 0 N–H and O–H groups in total. The lowest BCUT2D eigenvalue weighted by Crippen LogP contribution is -2.20. The first-order valence-electron chi connectivity index (χ1n) is 4.16. The van der Waals surface area contributed by atoms with E-state index in [0.717, 1.165) is 32.1 Å². The molecular weight excluding hydrogens is 136 g/mol. The van der Waals surface area contributed by atoms with Crippen molar-refractivity contribution in [1.82, 2.24) is 0 Å². The molecule has 0 spiro atoms. The zero-order valence-corrected chi connectivity index (χ0v) is 7.02.